The minimum Gasteiger partial charge on any atom is -0.496 e. The third-order valence-corrected chi connectivity index (χ3v) is 6.03. The molecule has 33 heavy (non-hydrogen) atoms. The summed E-state index contributed by atoms with van der Waals surface area (Å²) in [6, 6.07) is 4.52. The molecule has 1 atom stereocenters. The molecule has 2 aromatic carbocycles. The van der Waals surface area contributed by atoms with Gasteiger partial charge in [-0.1, -0.05) is 0 Å². The predicted octanol–water partition coefficient (Wildman–Crippen LogP) is 3.50. The Bertz CT molecular complexity index is 1150. The molecule has 1 heterocycles. The Morgan fingerprint density at radius 2 is 1.70 bits per heavy atom. The van der Waals surface area contributed by atoms with E-state index in [1.165, 1.54) is 13.2 Å². The van der Waals surface area contributed by atoms with Gasteiger partial charge >= 0.3 is 18.3 Å². The van der Waals surface area contributed by atoms with Crippen LogP contribution in [0.3, 0.4) is 0 Å². The molecule has 0 fully saturated rings. The molecule has 1 amide bonds. The maximum absolute atomic E-state index is 12.9. The van der Waals surface area contributed by atoms with Gasteiger partial charge in [-0.2, -0.15) is 26.3 Å². The van der Waals surface area contributed by atoms with E-state index in [9.17, 15) is 39.6 Å². The Morgan fingerprint density at radius 1 is 1.06 bits per heavy atom. The first kappa shape index (κ1) is 24.5. The van der Waals surface area contributed by atoms with Crippen LogP contribution < -0.4 is 19.5 Å². The van der Waals surface area contributed by atoms with E-state index >= 15 is 0 Å². The number of methoxy groups -OCH3 is 1. The van der Waals surface area contributed by atoms with Gasteiger partial charge in [0.15, 0.2) is 0 Å². The number of ether oxygens (including phenoxy) is 2. The second-order valence-electron chi connectivity index (χ2n) is 6.94. The first-order valence-electron chi connectivity index (χ1n) is 9.13. The van der Waals surface area contributed by atoms with Crippen molar-refractivity contribution in [2.75, 3.05) is 18.4 Å². The number of carbonyl (C=O) groups excluding carboxylic acids is 1. The Balaban J connectivity index is 1.89. The van der Waals surface area contributed by atoms with Crippen molar-refractivity contribution in [3.8, 4) is 11.5 Å². The number of anilines is 1. The monoisotopic (exact) mass is 498 g/mol. The zero-order valence-corrected chi connectivity index (χ0v) is 17.5. The van der Waals surface area contributed by atoms with Crippen LogP contribution in [0.1, 0.15) is 11.1 Å². The molecule has 0 saturated heterocycles. The van der Waals surface area contributed by atoms with E-state index in [4.69, 9.17) is 9.47 Å². The van der Waals surface area contributed by atoms with Crippen molar-refractivity contribution >= 4 is 21.6 Å². The molecule has 0 unspecified atom stereocenters. The Hall–Kier alpha value is -3.16. The van der Waals surface area contributed by atoms with E-state index < -0.39 is 51.4 Å². The second kappa shape index (κ2) is 8.65. The predicted molar refractivity (Wildman–Crippen MR) is 102 cm³/mol. The smallest absolute Gasteiger partial charge is 0.471 e. The van der Waals surface area contributed by atoms with E-state index in [-0.39, 0.29) is 29.2 Å². The maximum atomic E-state index is 12.9. The molecule has 0 spiro atoms. The zero-order chi connectivity index (χ0) is 24.6. The summed E-state index contributed by atoms with van der Waals surface area (Å²) in [5.74, 6) is -2.26. The Morgan fingerprint density at radius 3 is 2.24 bits per heavy atom. The molecule has 2 N–H and O–H groups in total. The molecule has 180 valence electrons. The number of halogens is 6. The first-order chi connectivity index (χ1) is 15.2. The average Bonchev–Trinajstić information content (AvgIpc) is 2.71. The molecule has 3 rings (SSSR count). The van der Waals surface area contributed by atoms with Crippen molar-refractivity contribution in [3.05, 3.63) is 47.5 Å². The lowest BCUT2D eigenvalue weighted by Gasteiger charge is -2.29. The van der Waals surface area contributed by atoms with Gasteiger partial charge in [0.05, 0.1) is 18.7 Å². The fourth-order valence-electron chi connectivity index (χ4n) is 3.13. The maximum Gasteiger partial charge on any atom is 0.471 e. The van der Waals surface area contributed by atoms with Crippen LogP contribution in [0.5, 0.6) is 11.5 Å². The molecule has 2 aromatic rings. The number of nitrogens with one attached hydrogen (secondary N) is 2. The molecule has 0 radical (unpaired) electrons. The van der Waals surface area contributed by atoms with Gasteiger partial charge in [-0.3, -0.25) is 9.52 Å². The number of carbonyl (C=O) groups is 1. The summed E-state index contributed by atoms with van der Waals surface area (Å²) in [6.07, 6.45) is -9.93. The van der Waals surface area contributed by atoms with E-state index in [2.05, 4.69) is 4.72 Å². The lowest BCUT2D eigenvalue weighted by Crippen LogP contribution is -2.48. The molecule has 0 aliphatic carbocycles. The van der Waals surface area contributed by atoms with Crippen molar-refractivity contribution in [1.29, 1.82) is 0 Å². The van der Waals surface area contributed by atoms with Crippen molar-refractivity contribution in [2.24, 2.45) is 0 Å². The fourth-order valence-corrected chi connectivity index (χ4v) is 4.36. The minimum absolute atomic E-state index is 0.103. The van der Waals surface area contributed by atoms with Crippen molar-refractivity contribution in [1.82, 2.24) is 5.32 Å². The van der Waals surface area contributed by atoms with Crippen LogP contribution in [0.4, 0.5) is 32.0 Å². The van der Waals surface area contributed by atoms with E-state index in [0.717, 1.165) is 18.2 Å². The quantitative estimate of drug-likeness (QED) is 0.616. The molecule has 0 bridgehead atoms. The summed E-state index contributed by atoms with van der Waals surface area (Å²) in [7, 11) is -3.12. The number of sulfonamides is 1. The molecule has 1 aliphatic rings. The summed E-state index contributed by atoms with van der Waals surface area (Å²) in [6.45, 7) is -0.454. The highest BCUT2D eigenvalue weighted by atomic mass is 32.2. The highest BCUT2D eigenvalue weighted by Crippen LogP contribution is 2.39. The van der Waals surface area contributed by atoms with Gasteiger partial charge in [0.25, 0.3) is 10.0 Å². The normalized spacial score (nSPS) is 16.4. The molecule has 14 heteroatoms. The number of rotatable bonds is 5. The van der Waals surface area contributed by atoms with Crippen molar-refractivity contribution in [3.63, 3.8) is 0 Å². The SMILES string of the molecule is COc1ccc(S(=O)(=O)Nc2ccc(C(F)(F)F)cc2)c2c1C[C@@H](NC(=O)C(F)(F)F)CO2. The lowest BCUT2D eigenvalue weighted by atomic mass is 10.0. The largest absolute Gasteiger partial charge is 0.496 e. The lowest BCUT2D eigenvalue weighted by molar-refractivity contribution is -0.174. The van der Waals surface area contributed by atoms with Crippen molar-refractivity contribution in [2.45, 2.75) is 29.7 Å². The molecule has 0 saturated carbocycles. The van der Waals surface area contributed by atoms with Gasteiger partial charge in [-0.25, -0.2) is 8.42 Å². The first-order valence-corrected chi connectivity index (χ1v) is 10.6. The van der Waals surface area contributed by atoms with E-state index in [0.29, 0.717) is 12.1 Å². The summed E-state index contributed by atoms with van der Waals surface area (Å²) in [4.78, 5) is 10.8. The van der Waals surface area contributed by atoms with Crippen LogP contribution in [0.15, 0.2) is 41.3 Å². The van der Waals surface area contributed by atoms with Gasteiger partial charge in [0.1, 0.15) is 23.0 Å². The zero-order valence-electron chi connectivity index (χ0n) is 16.7. The van der Waals surface area contributed by atoms with E-state index in [1.54, 1.807) is 5.32 Å². The fraction of sp³-hybridized carbons (Fsp3) is 0.316. The summed E-state index contributed by atoms with van der Waals surface area (Å²) in [5.41, 5.74) is -1.02. The van der Waals surface area contributed by atoms with Gasteiger partial charge < -0.3 is 14.8 Å². The van der Waals surface area contributed by atoms with Gasteiger partial charge in [0, 0.05) is 17.7 Å². The Labute approximate surface area is 183 Å². The van der Waals surface area contributed by atoms with Crippen LogP contribution in [0.25, 0.3) is 0 Å². The summed E-state index contributed by atoms with van der Waals surface area (Å²) < 4.78 is 114. The standard InChI is InChI=1S/C19H16F6N2O5S/c1-31-14-6-7-15(16-13(14)8-12(9-32-16)26-17(28)19(23,24)25)33(29,30)27-11-4-2-10(3-5-11)18(20,21)22/h2-7,12,27H,8-9H2,1H3,(H,26,28)/t12-/m1/s1. The van der Waals surface area contributed by atoms with Crippen LogP contribution in [0, 0.1) is 0 Å². The van der Waals surface area contributed by atoms with Crippen LogP contribution in [-0.2, 0) is 27.4 Å². The Kier molecular flexibility index (Phi) is 6.42. The highest BCUT2D eigenvalue weighted by Gasteiger charge is 2.41. The summed E-state index contributed by atoms with van der Waals surface area (Å²) >= 11 is 0. The number of fused-ring (bicyclic) bond motifs is 1. The third-order valence-electron chi connectivity index (χ3n) is 4.63. The average molecular weight is 498 g/mol. The minimum atomic E-state index is -5.11. The van der Waals surface area contributed by atoms with Crippen LogP contribution in [-0.4, -0.2) is 40.3 Å². The van der Waals surface area contributed by atoms with Crippen LogP contribution >= 0.6 is 0 Å². The number of benzene rings is 2. The molecular formula is C19H16F6N2O5S. The highest BCUT2D eigenvalue weighted by molar-refractivity contribution is 7.92. The van der Waals surface area contributed by atoms with Gasteiger partial charge in [-0.15, -0.1) is 0 Å². The molecule has 1 aliphatic heterocycles. The van der Waals surface area contributed by atoms with Gasteiger partial charge in [-0.05, 0) is 36.4 Å². The number of hydrogen-bond donors (Lipinski definition) is 2. The third kappa shape index (κ3) is 5.43. The number of amides is 1. The second-order valence-corrected chi connectivity index (χ2v) is 8.59. The topological polar surface area (TPSA) is 93.7 Å². The molecule has 7 nitrogen and oxygen atoms in total. The van der Waals surface area contributed by atoms with Gasteiger partial charge in [0.2, 0.25) is 0 Å². The summed E-state index contributed by atoms with van der Waals surface area (Å²) in [5, 5.41) is 1.77. The van der Waals surface area contributed by atoms with E-state index in [1.807, 2.05) is 0 Å². The molecular weight excluding hydrogens is 482 g/mol. The van der Waals surface area contributed by atoms with Crippen molar-refractivity contribution < 1.29 is 49.0 Å². The van der Waals surface area contributed by atoms with Crippen LogP contribution in [0.2, 0.25) is 0 Å². The number of hydrogen-bond acceptors (Lipinski definition) is 5. The molecule has 0 aromatic heterocycles. The number of alkyl halides is 6.